The van der Waals surface area contributed by atoms with Crippen molar-refractivity contribution in [3.8, 4) is 44.9 Å². The van der Waals surface area contributed by atoms with Crippen LogP contribution < -0.4 is 4.74 Å². The highest BCUT2D eigenvalue weighted by atomic mass is 16.5. The van der Waals surface area contributed by atoms with Crippen molar-refractivity contribution < 1.29 is 4.74 Å². The van der Waals surface area contributed by atoms with Gasteiger partial charge in [-0.1, -0.05) is 115 Å². The molecule has 0 saturated carbocycles. The number of nitrogens with zero attached hydrogens (tertiary/aromatic N) is 1. The van der Waals surface area contributed by atoms with E-state index < -0.39 is 0 Å². The van der Waals surface area contributed by atoms with Crippen LogP contribution in [0.3, 0.4) is 0 Å². The predicted molar refractivity (Wildman–Crippen MR) is 204 cm³/mol. The maximum absolute atomic E-state index is 7.09. The van der Waals surface area contributed by atoms with E-state index in [1.807, 2.05) is 12.4 Å². The molecule has 2 aliphatic carbocycles. The summed E-state index contributed by atoms with van der Waals surface area (Å²) in [7, 11) is 0. The highest BCUT2D eigenvalue weighted by Crippen LogP contribution is 2.49. The number of fused-ring (bicyclic) bond motifs is 2. The van der Waals surface area contributed by atoms with Crippen LogP contribution >= 0.6 is 0 Å². The van der Waals surface area contributed by atoms with E-state index in [0.29, 0.717) is 0 Å². The topological polar surface area (TPSA) is 22.1 Å². The lowest BCUT2D eigenvalue weighted by molar-refractivity contribution is 0.494. The number of allylic oxidation sites excluding steroid dienone is 2. The molecule has 7 aromatic carbocycles. The second-order valence-electron chi connectivity index (χ2n) is 13.3. The van der Waals surface area contributed by atoms with Crippen LogP contribution in [-0.4, -0.2) is 4.98 Å². The van der Waals surface area contributed by atoms with Crippen LogP contribution in [0.4, 0.5) is 0 Å². The van der Waals surface area contributed by atoms with E-state index >= 15 is 0 Å². The summed E-state index contributed by atoms with van der Waals surface area (Å²) in [4.78, 5) is 4.69. The molecule has 1 aromatic heterocycles. The lowest BCUT2D eigenvalue weighted by Crippen LogP contribution is -2.08. The smallest absolute Gasteiger partial charge is 0.143 e. The van der Waals surface area contributed by atoms with Gasteiger partial charge in [0.15, 0.2) is 0 Å². The van der Waals surface area contributed by atoms with E-state index in [-0.39, 0.29) is 0 Å². The third kappa shape index (κ3) is 4.59. The fourth-order valence-electron chi connectivity index (χ4n) is 8.31. The first kappa shape index (κ1) is 28.1. The van der Waals surface area contributed by atoms with Gasteiger partial charge in [0.05, 0.1) is 0 Å². The van der Waals surface area contributed by atoms with E-state index in [1.54, 1.807) is 0 Å². The summed E-state index contributed by atoms with van der Waals surface area (Å²) >= 11 is 0. The lowest BCUT2D eigenvalue weighted by atomic mass is 9.77. The summed E-state index contributed by atoms with van der Waals surface area (Å²) in [5, 5.41) is 7.18. The van der Waals surface area contributed by atoms with Gasteiger partial charge >= 0.3 is 0 Å². The van der Waals surface area contributed by atoms with E-state index in [2.05, 4.69) is 145 Å². The van der Waals surface area contributed by atoms with Crippen molar-refractivity contribution in [2.45, 2.75) is 25.7 Å². The molecular weight excluding hydrogens is 595 g/mol. The molecular formula is C47H33NO. The average molecular weight is 628 g/mol. The Hall–Kier alpha value is -5.99. The van der Waals surface area contributed by atoms with Crippen molar-refractivity contribution in [1.82, 2.24) is 4.98 Å². The zero-order valence-electron chi connectivity index (χ0n) is 27.1. The summed E-state index contributed by atoms with van der Waals surface area (Å²) < 4.78 is 7.09. The molecule has 8 aromatic rings. The molecule has 0 bridgehead atoms. The Labute approximate surface area is 286 Å². The fraction of sp³-hybridized carbons (Fsp3) is 0.0851. The number of benzene rings is 7. The molecule has 0 N–H and O–H groups in total. The van der Waals surface area contributed by atoms with Crippen molar-refractivity contribution in [2.75, 3.05) is 0 Å². The number of aryl methyl sites for hydroxylation is 1. The van der Waals surface area contributed by atoms with Crippen LogP contribution in [-0.2, 0) is 12.8 Å². The monoisotopic (exact) mass is 627 g/mol. The molecule has 2 aliphatic rings. The van der Waals surface area contributed by atoms with E-state index in [1.165, 1.54) is 62.4 Å². The lowest BCUT2D eigenvalue weighted by Gasteiger charge is -2.27. The normalized spacial score (nSPS) is 13.5. The Morgan fingerprint density at radius 2 is 1.20 bits per heavy atom. The maximum Gasteiger partial charge on any atom is 0.143 e. The molecule has 49 heavy (non-hydrogen) atoms. The summed E-state index contributed by atoms with van der Waals surface area (Å²) in [6.45, 7) is 0. The summed E-state index contributed by atoms with van der Waals surface area (Å²) in [5.74, 6) is 1.66. The van der Waals surface area contributed by atoms with Crippen molar-refractivity contribution in [3.63, 3.8) is 0 Å². The van der Waals surface area contributed by atoms with Crippen molar-refractivity contribution in [1.29, 1.82) is 0 Å². The first-order valence-corrected chi connectivity index (χ1v) is 17.3. The van der Waals surface area contributed by atoms with Crippen molar-refractivity contribution in [3.05, 3.63) is 169 Å². The number of hydrogen-bond donors (Lipinski definition) is 0. The minimum absolute atomic E-state index is 0.805. The van der Waals surface area contributed by atoms with E-state index in [9.17, 15) is 0 Å². The van der Waals surface area contributed by atoms with Gasteiger partial charge in [0, 0.05) is 28.6 Å². The van der Waals surface area contributed by atoms with Gasteiger partial charge in [0.2, 0.25) is 0 Å². The first-order valence-electron chi connectivity index (χ1n) is 17.3. The summed E-state index contributed by atoms with van der Waals surface area (Å²) in [6, 6.07) is 48.0. The zero-order chi connectivity index (χ0) is 32.3. The fourth-order valence-corrected chi connectivity index (χ4v) is 8.31. The van der Waals surface area contributed by atoms with Crippen molar-refractivity contribution >= 4 is 37.9 Å². The van der Waals surface area contributed by atoms with Crippen LogP contribution in [0.15, 0.2) is 152 Å². The van der Waals surface area contributed by atoms with Gasteiger partial charge in [-0.3, -0.25) is 4.98 Å². The molecule has 0 amide bonds. The molecule has 2 nitrogen and oxygen atoms in total. The van der Waals surface area contributed by atoms with Crippen molar-refractivity contribution in [2.24, 2.45) is 0 Å². The standard InChI is InChI=1S/C47H33NO/c1-3-10-30(11-4-1)35-26-36(31-12-5-2-6-13-31)28-37(27-35)49-47-41-17-8-7-16-38(41)46(43-29-48-25-24-42(43)47)40-23-21-34-19-18-32-14-9-15-33-20-22-39(40)45(34)44(32)33/h1-8,10-13,16-18,20-29H,9,14-15,19H2. The Kier molecular flexibility index (Phi) is 6.48. The van der Waals surface area contributed by atoms with Crippen LogP contribution in [0.1, 0.15) is 29.5 Å². The zero-order valence-corrected chi connectivity index (χ0v) is 27.1. The Morgan fingerprint density at radius 3 is 1.98 bits per heavy atom. The highest BCUT2D eigenvalue weighted by Gasteiger charge is 2.25. The second-order valence-corrected chi connectivity index (χ2v) is 13.3. The van der Waals surface area contributed by atoms with Crippen LogP contribution in [0, 0.1) is 0 Å². The van der Waals surface area contributed by atoms with Gasteiger partial charge < -0.3 is 4.74 Å². The molecule has 0 saturated heterocycles. The van der Waals surface area contributed by atoms with Crippen LogP contribution in [0.2, 0.25) is 0 Å². The number of hydrogen-bond acceptors (Lipinski definition) is 2. The predicted octanol–water partition coefficient (Wildman–Crippen LogP) is 12.6. The number of ether oxygens (including phenoxy) is 1. The second kappa shape index (κ2) is 11.3. The van der Waals surface area contributed by atoms with E-state index in [0.717, 1.165) is 62.8 Å². The molecule has 0 unspecified atom stereocenters. The van der Waals surface area contributed by atoms with Crippen LogP contribution in [0.25, 0.3) is 71.3 Å². The summed E-state index contributed by atoms with van der Waals surface area (Å²) in [5.41, 5.74) is 13.0. The van der Waals surface area contributed by atoms with Gasteiger partial charge in [-0.15, -0.1) is 0 Å². The molecule has 1 heterocycles. The third-order valence-electron chi connectivity index (χ3n) is 10.5. The molecule has 0 fully saturated rings. The molecule has 0 atom stereocenters. The van der Waals surface area contributed by atoms with Gasteiger partial charge in [-0.2, -0.15) is 0 Å². The van der Waals surface area contributed by atoms with Gasteiger partial charge in [0.1, 0.15) is 11.5 Å². The molecule has 232 valence electrons. The molecule has 10 rings (SSSR count). The Morgan fingerprint density at radius 1 is 0.510 bits per heavy atom. The van der Waals surface area contributed by atoms with Gasteiger partial charge in [-0.25, -0.2) is 0 Å². The Bertz CT molecular complexity index is 2500. The highest BCUT2D eigenvalue weighted by molar-refractivity contribution is 6.21. The molecule has 0 radical (unpaired) electrons. The average Bonchev–Trinajstić information content (AvgIpc) is 3.18. The number of aromatic nitrogens is 1. The third-order valence-corrected chi connectivity index (χ3v) is 10.5. The molecule has 0 aliphatic heterocycles. The maximum atomic E-state index is 7.09. The molecule has 2 heteroatoms. The first-order chi connectivity index (χ1) is 24.3. The Balaban J connectivity index is 1.21. The minimum atomic E-state index is 0.805. The minimum Gasteiger partial charge on any atom is -0.456 e. The number of rotatable bonds is 5. The summed E-state index contributed by atoms with van der Waals surface area (Å²) in [6.07, 6.45) is 11.0. The quantitative estimate of drug-likeness (QED) is 0.177. The number of pyridine rings is 1. The van der Waals surface area contributed by atoms with Gasteiger partial charge in [-0.05, 0) is 122 Å². The van der Waals surface area contributed by atoms with E-state index in [4.69, 9.17) is 4.74 Å². The largest absolute Gasteiger partial charge is 0.456 e. The molecule has 0 spiro atoms. The van der Waals surface area contributed by atoms with Crippen LogP contribution in [0.5, 0.6) is 11.5 Å². The SMILES string of the molecule is C1=C2CCCc3ccc4c(-c5c6ccccc6c(Oc6cc(-c7ccccc7)cc(-c7ccccc7)c6)c6ccncc56)ccc(c4c32)C1. The van der Waals surface area contributed by atoms with Gasteiger partial charge in [0.25, 0.3) is 0 Å².